The fraction of sp³-hybridized carbons (Fsp3) is 0.875. The van der Waals surface area contributed by atoms with Gasteiger partial charge in [0.25, 0.3) is 0 Å². The third-order valence-electron chi connectivity index (χ3n) is 1.76. The van der Waals surface area contributed by atoms with Crippen molar-refractivity contribution in [1.82, 2.24) is 16.2 Å². The minimum atomic E-state index is 0.886. The van der Waals surface area contributed by atoms with Crippen LogP contribution in [0, 0.1) is 0 Å². The molecular weight excluding hydrogens is 152 g/mol. The summed E-state index contributed by atoms with van der Waals surface area (Å²) in [6.07, 6.45) is 3.55. The lowest BCUT2D eigenvalue weighted by Crippen LogP contribution is -2.47. The summed E-state index contributed by atoms with van der Waals surface area (Å²) >= 11 is 0. The topological polar surface area (TPSA) is 48.5 Å². The maximum Gasteiger partial charge on any atom is 0.205 e. The zero-order valence-corrected chi connectivity index (χ0v) is 7.69. The summed E-state index contributed by atoms with van der Waals surface area (Å²) in [6.45, 7) is 5.14. The molecule has 0 fully saturated rings. The first-order valence-electron chi connectivity index (χ1n) is 4.70. The quantitative estimate of drug-likeness (QED) is 0.418. The molecule has 12 heavy (non-hydrogen) atoms. The van der Waals surface area contributed by atoms with Crippen LogP contribution >= 0.6 is 0 Å². The second-order valence-corrected chi connectivity index (χ2v) is 2.92. The van der Waals surface area contributed by atoms with Gasteiger partial charge in [0.1, 0.15) is 0 Å². The van der Waals surface area contributed by atoms with E-state index in [9.17, 15) is 0 Å². The Kier molecular flexibility index (Phi) is 4.52. The van der Waals surface area contributed by atoms with Crippen LogP contribution in [0.5, 0.6) is 0 Å². The van der Waals surface area contributed by atoms with Gasteiger partial charge < -0.3 is 5.32 Å². The van der Waals surface area contributed by atoms with Crippen LogP contribution in [0.1, 0.15) is 26.2 Å². The Hall–Kier alpha value is -0.770. The molecule has 0 aliphatic carbocycles. The first-order chi connectivity index (χ1) is 5.93. The van der Waals surface area contributed by atoms with Crippen molar-refractivity contribution in [3.8, 4) is 0 Å². The summed E-state index contributed by atoms with van der Waals surface area (Å²) in [5, 5.41) is 3.17. The van der Waals surface area contributed by atoms with Crippen molar-refractivity contribution in [2.24, 2.45) is 4.99 Å². The monoisotopic (exact) mass is 170 g/mol. The zero-order chi connectivity index (χ0) is 8.65. The van der Waals surface area contributed by atoms with Gasteiger partial charge in [-0.3, -0.25) is 10.4 Å². The fourth-order valence-corrected chi connectivity index (χ4v) is 1.03. The van der Waals surface area contributed by atoms with E-state index in [1.165, 1.54) is 12.8 Å². The molecule has 0 aromatic rings. The molecule has 4 heteroatoms. The summed E-state index contributed by atoms with van der Waals surface area (Å²) in [6, 6.07) is 0. The van der Waals surface area contributed by atoms with Crippen molar-refractivity contribution in [1.29, 1.82) is 0 Å². The van der Waals surface area contributed by atoms with Gasteiger partial charge in [0.2, 0.25) is 5.96 Å². The lowest BCUT2D eigenvalue weighted by atomic mass is 10.3. The SMILES string of the molecule is CCCCNNC1=NCCCN1. The first kappa shape index (κ1) is 9.32. The molecule has 0 unspecified atom stereocenters. The molecule has 1 rings (SSSR count). The van der Waals surface area contributed by atoms with Crippen LogP contribution in [0.3, 0.4) is 0 Å². The second kappa shape index (κ2) is 5.83. The number of hydrogen-bond acceptors (Lipinski definition) is 4. The van der Waals surface area contributed by atoms with E-state index in [4.69, 9.17) is 0 Å². The van der Waals surface area contributed by atoms with Crippen LogP contribution in [0.25, 0.3) is 0 Å². The zero-order valence-electron chi connectivity index (χ0n) is 7.69. The molecule has 3 N–H and O–H groups in total. The molecule has 1 heterocycles. The van der Waals surface area contributed by atoms with Gasteiger partial charge in [-0.1, -0.05) is 13.3 Å². The summed E-state index contributed by atoms with van der Waals surface area (Å²) in [4.78, 5) is 4.26. The van der Waals surface area contributed by atoms with Crippen molar-refractivity contribution < 1.29 is 0 Å². The Bertz CT molecular complexity index is 144. The van der Waals surface area contributed by atoms with Crippen LogP contribution in [0.2, 0.25) is 0 Å². The fourth-order valence-electron chi connectivity index (χ4n) is 1.03. The van der Waals surface area contributed by atoms with Gasteiger partial charge in [-0.05, 0) is 12.8 Å². The molecule has 4 nitrogen and oxygen atoms in total. The number of nitrogens with one attached hydrogen (secondary N) is 3. The lowest BCUT2D eigenvalue weighted by molar-refractivity contribution is 0.586. The van der Waals surface area contributed by atoms with Crippen LogP contribution in [-0.2, 0) is 0 Å². The number of nitrogens with zero attached hydrogens (tertiary/aromatic N) is 1. The standard InChI is InChI=1S/C8H18N4/c1-2-3-7-11-12-8-9-5-4-6-10-8/h11H,2-7H2,1H3,(H2,9,10,12). The van der Waals surface area contributed by atoms with E-state index in [1.54, 1.807) is 0 Å². The minimum Gasteiger partial charge on any atom is -0.355 e. The summed E-state index contributed by atoms with van der Waals surface area (Å²) in [5.41, 5.74) is 6.16. The van der Waals surface area contributed by atoms with Crippen molar-refractivity contribution in [3.63, 3.8) is 0 Å². The number of guanidine groups is 1. The maximum atomic E-state index is 4.26. The van der Waals surface area contributed by atoms with E-state index in [0.29, 0.717) is 0 Å². The molecule has 0 amide bonds. The molecular formula is C8H18N4. The van der Waals surface area contributed by atoms with E-state index in [2.05, 4.69) is 28.1 Å². The third-order valence-corrected chi connectivity index (χ3v) is 1.76. The van der Waals surface area contributed by atoms with Gasteiger partial charge in [0.05, 0.1) is 0 Å². The van der Waals surface area contributed by atoms with Gasteiger partial charge in [-0.25, -0.2) is 5.43 Å². The Morgan fingerprint density at radius 1 is 1.58 bits per heavy atom. The number of hydrazine groups is 1. The van der Waals surface area contributed by atoms with E-state index in [0.717, 1.165) is 32.0 Å². The molecule has 0 saturated carbocycles. The lowest BCUT2D eigenvalue weighted by Gasteiger charge is -2.16. The van der Waals surface area contributed by atoms with Crippen molar-refractivity contribution in [2.45, 2.75) is 26.2 Å². The summed E-state index contributed by atoms with van der Waals surface area (Å²) in [5.74, 6) is 0.886. The predicted molar refractivity (Wildman–Crippen MR) is 51.0 cm³/mol. The van der Waals surface area contributed by atoms with Crippen molar-refractivity contribution in [2.75, 3.05) is 19.6 Å². The predicted octanol–water partition coefficient (Wildman–Crippen LogP) is 0.230. The third kappa shape index (κ3) is 3.57. The van der Waals surface area contributed by atoms with Crippen LogP contribution in [0.15, 0.2) is 4.99 Å². The number of hydrogen-bond donors (Lipinski definition) is 3. The average Bonchev–Trinajstić information content (AvgIpc) is 2.14. The van der Waals surface area contributed by atoms with E-state index in [-0.39, 0.29) is 0 Å². The number of rotatable bonds is 4. The van der Waals surface area contributed by atoms with Crippen molar-refractivity contribution in [3.05, 3.63) is 0 Å². The molecule has 1 aliphatic rings. The van der Waals surface area contributed by atoms with Gasteiger partial charge in [-0.2, -0.15) is 0 Å². The molecule has 0 radical (unpaired) electrons. The Morgan fingerprint density at radius 3 is 3.17 bits per heavy atom. The molecule has 70 valence electrons. The highest BCUT2D eigenvalue weighted by Gasteiger charge is 2.00. The minimum absolute atomic E-state index is 0.886. The first-order valence-corrected chi connectivity index (χ1v) is 4.70. The largest absolute Gasteiger partial charge is 0.355 e. The second-order valence-electron chi connectivity index (χ2n) is 2.92. The molecule has 0 spiro atoms. The van der Waals surface area contributed by atoms with Gasteiger partial charge in [0, 0.05) is 19.6 Å². The van der Waals surface area contributed by atoms with Gasteiger partial charge in [-0.15, -0.1) is 0 Å². The molecule has 0 bridgehead atoms. The molecule has 0 saturated heterocycles. The summed E-state index contributed by atoms with van der Waals surface area (Å²) in [7, 11) is 0. The smallest absolute Gasteiger partial charge is 0.205 e. The van der Waals surface area contributed by atoms with Crippen LogP contribution in [0.4, 0.5) is 0 Å². The highest BCUT2D eigenvalue weighted by atomic mass is 15.4. The molecule has 0 aromatic carbocycles. The number of unbranched alkanes of at least 4 members (excludes halogenated alkanes) is 1. The molecule has 0 atom stereocenters. The van der Waals surface area contributed by atoms with E-state index >= 15 is 0 Å². The van der Waals surface area contributed by atoms with Gasteiger partial charge >= 0.3 is 0 Å². The molecule has 0 aromatic heterocycles. The normalized spacial score (nSPS) is 16.6. The molecule has 1 aliphatic heterocycles. The maximum absolute atomic E-state index is 4.26. The van der Waals surface area contributed by atoms with Crippen LogP contribution < -0.4 is 16.2 Å². The van der Waals surface area contributed by atoms with Crippen molar-refractivity contribution >= 4 is 5.96 Å². The Morgan fingerprint density at radius 2 is 2.50 bits per heavy atom. The van der Waals surface area contributed by atoms with Crippen LogP contribution in [-0.4, -0.2) is 25.6 Å². The van der Waals surface area contributed by atoms with Gasteiger partial charge in [0.15, 0.2) is 0 Å². The highest BCUT2D eigenvalue weighted by molar-refractivity contribution is 5.79. The highest BCUT2D eigenvalue weighted by Crippen LogP contribution is 1.86. The number of aliphatic imine (C=N–C) groups is 1. The summed E-state index contributed by atoms with van der Waals surface area (Å²) < 4.78 is 0. The van der Waals surface area contributed by atoms with E-state index < -0.39 is 0 Å². The average molecular weight is 170 g/mol. The van der Waals surface area contributed by atoms with E-state index in [1.807, 2.05) is 0 Å². The Labute approximate surface area is 73.8 Å². The Balaban J connectivity index is 2.01.